The van der Waals surface area contributed by atoms with Crippen molar-refractivity contribution in [3.8, 4) is 5.75 Å². The fourth-order valence-electron chi connectivity index (χ4n) is 1.18. The lowest BCUT2D eigenvalue weighted by atomic mass is 10.1. The molecule has 17 heavy (non-hydrogen) atoms. The maximum absolute atomic E-state index is 13.1. The van der Waals surface area contributed by atoms with Crippen LogP contribution < -0.4 is 10.5 Å². The topological polar surface area (TPSA) is 44.5 Å². The van der Waals surface area contributed by atoms with Crippen molar-refractivity contribution in [2.75, 3.05) is 19.5 Å². The first-order valence-corrected chi connectivity index (χ1v) is 6.07. The molecule has 0 aliphatic carbocycles. The van der Waals surface area contributed by atoms with E-state index in [0.717, 1.165) is 6.42 Å². The molecule has 1 aromatic rings. The molecule has 0 aromatic heterocycles. The summed E-state index contributed by atoms with van der Waals surface area (Å²) in [5, 5.41) is 0. The number of rotatable bonds is 5. The van der Waals surface area contributed by atoms with Gasteiger partial charge in [-0.15, -0.1) is 0 Å². The van der Waals surface area contributed by atoms with Gasteiger partial charge in [0.2, 0.25) is 0 Å². The number of nitrogens with two attached hydrogens (primary N) is 1. The van der Waals surface area contributed by atoms with Crippen LogP contribution in [0.15, 0.2) is 16.6 Å². The van der Waals surface area contributed by atoms with Crippen molar-refractivity contribution in [1.82, 2.24) is 0 Å². The molecule has 1 aromatic carbocycles. The van der Waals surface area contributed by atoms with Crippen LogP contribution in [0.1, 0.15) is 20.3 Å². The summed E-state index contributed by atoms with van der Waals surface area (Å²) in [6.45, 7) is 4.41. The standard InChI is InChI=1S/C12H17BrFNO2/c1-12(2,16-3)4-5-17-11-6-8(13)9(14)7-10(11)15/h6-7H,4-5,15H2,1-3H3. The Hall–Kier alpha value is -0.810. The fraction of sp³-hybridized carbons (Fsp3) is 0.500. The quantitative estimate of drug-likeness (QED) is 0.848. The minimum atomic E-state index is -0.396. The van der Waals surface area contributed by atoms with Gasteiger partial charge in [-0.05, 0) is 35.8 Å². The van der Waals surface area contributed by atoms with E-state index in [0.29, 0.717) is 22.5 Å². The van der Waals surface area contributed by atoms with E-state index in [1.807, 2.05) is 13.8 Å². The minimum Gasteiger partial charge on any atom is -0.491 e. The third-order valence-electron chi connectivity index (χ3n) is 2.57. The second-order valence-electron chi connectivity index (χ2n) is 4.37. The van der Waals surface area contributed by atoms with Crippen molar-refractivity contribution in [3.05, 3.63) is 22.4 Å². The van der Waals surface area contributed by atoms with Crippen LogP contribution in [-0.4, -0.2) is 19.3 Å². The summed E-state index contributed by atoms with van der Waals surface area (Å²) < 4.78 is 24.2. The molecular weight excluding hydrogens is 289 g/mol. The van der Waals surface area contributed by atoms with Gasteiger partial charge in [-0.3, -0.25) is 0 Å². The molecule has 0 aliphatic rings. The molecule has 0 bridgehead atoms. The molecule has 0 amide bonds. The zero-order valence-corrected chi connectivity index (χ0v) is 11.8. The number of benzene rings is 1. The van der Waals surface area contributed by atoms with Crippen molar-refractivity contribution in [2.45, 2.75) is 25.9 Å². The highest BCUT2D eigenvalue weighted by Crippen LogP contribution is 2.29. The van der Waals surface area contributed by atoms with E-state index >= 15 is 0 Å². The van der Waals surface area contributed by atoms with Gasteiger partial charge in [0.25, 0.3) is 0 Å². The summed E-state index contributed by atoms with van der Waals surface area (Å²) in [7, 11) is 1.66. The molecule has 0 aliphatic heterocycles. The first kappa shape index (κ1) is 14.3. The predicted molar refractivity (Wildman–Crippen MR) is 69.7 cm³/mol. The molecular formula is C12H17BrFNO2. The van der Waals surface area contributed by atoms with Gasteiger partial charge in [-0.25, -0.2) is 4.39 Å². The van der Waals surface area contributed by atoms with Gasteiger partial charge >= 0.3 is 0 Å². The van der Waals surface area contributed by atoms with Crippen molar-refractivity contribution < 1.29 is 13.9 Å². The summed E-state index contributed by atoms with van der Waals surface area (Å²) in [5.74, 6) is 0.0808. The monoisotopic (exact) mass is 305 g/mol. The fourth-order valence-corrected chi connectivity index (χ4v) is 1.50. The number of nitrogen functional groups attached to an aromatic ring is 1. The normalized spacial score (nSPS) is 11.6. The SMILES string of the molecule is COC(C)(C)CCOc1cc(Br)c(F)cc1N. The van der Waals surface area contributed by atoms with E-state index in [1.54, 1.807) is 7.11 Å². The van der Waals surface area contributed by atoms with E-state index in [9.17, 15) is 4.39 Å². The average molecular weight is 306 g/mol. The first-order chi connectivity index (χ1) is 7.85. The van der Waals surface area contributed by atoms with Gasteiger partial charge in [0, 0.05) is 19.6 Å². The molecule has 0 spiro atoms. The van der Waals surface area contributed by atoms with E-state index in [4.69, 9.17) is 15.2 Å². The van der Waals surface area contributed by atoms with Crippen LogP contribution >= 0.6 is 15.9 Å². The highest BCUT2D eigenvalue weighted by molar-refractivity contribution is 9.10. The van der Waals surface area contributed by atoms with Crippen LogP contribution in [0.5, 0.6) is 5.75 Å². The first-order valence-electron chi connectivity index (χ1n) is 5.28. The number of methoxy groups -OCH3 is 1. The number of halogens is 2. The van der Waals surface area contributed by atoms with Gasteiger partial charge in [0.1, 0.15) is 11.6 Å². The molecule has 1 rings (SSSR count). The molecule has 2 N–H and O–H groups in total. The average Bonchev–Trinajstić information content (AvgIpc) is 2.25. The maximum Gasteiger partial charge on any atom is 0.143 e. The molecule has 96 valence electrons. The van der Waals surface area contributed by atoms with Crippen LogP contribution in [0.3, 0.4) is 0 Å². The third kappa shape index (κ3) is 4.16. The molecule has 0 heterocycles. The second kappa shape index (κ2) is 5.69. The van der Waals surface area contributed by atoms with Crippen LogP contribution in [-0.2, 0) is 4.74 Å². The zero-order valence-electron chi connectivity index (χ0n) is 10.2. The van der Waals surface area contributed by atoms with Crippen LogP contribution in [0.2, 0.25) is 0 Å². The lowest BCUT2D eigenvalue weighted by Gasteiger charge is -2.22. The van der Waals surface area contributed by atoms with Crippen molar-refractivity contribution in [3.63, 3.8) is 0 Å². The molecule has 0 radical (unpaired) electrons. The molecule has 0 unspecified atom stereocenters. The Kier molecular flexibility index (Phi) is 4.77. The molecule has 0 fully saturated rings. The molecule has 5 heteroatoms. The summed E-state index contributed by atoms with van der Waals surface area (Å²) in [6, 6.07) is 2.77. The second-order valence-corrected chi connectivity index (χ2v) is 5.22. The van der Waals surface area contributed by atoms with E-state index in [-0.39, 0.29) is 5.60 Å². The van der Waals surface area contributed by atoms with E-state index in [1.165, 1.54) is 12.1 Å². The predicted octanol–water partition coefficient (Wildman–Crippen LogP) is 3.36. The van der Waals surface area contributed by atoms with E-state index in [2.05, 4.69) is 15.9 Å². The van der Waals surface area contributed by atoms with E-state index < -0.39 is 5.82 Å². The Labute approximate surface area is 109 Å². The highest BCUT2D eigenvalue weighted by Gasteiger charge is 2.16. The summed E-state index contributed by atoms with van der Waals surface area (Å²) in [4.78, 5) is 0. The zero-order chi connectivity index (χ0) is 13.1. The number of hydrogen-bond donors (Lipinski definition) is 1. The van der Waals surface area contributed by atoms with Gasteiger partial charge in [-0.2, -0.15) is 0 Å². The number of hydrogen-bond acceptors (Lipinski definition) is 3. The Morgan fingerprint density at radius 3 is 2.65 bits per heavy atom. The number of ether oxygens (including phenoxy) is 2. The van der Waals surface area contributed by atoms with Gasteiger partial charge in [-0.1, -0.05) is 0 Å². The number of anilines is 1. The molecule has 0 saturated heterocycles. The molecule has 0 atom stereocenters. The largest absolute Gasteiger partial charge is 0.491 e. The van der Waals surface area contributed by atoms with Crippen molar-refractivity contribution in [2.24, 2.45) is 0 Å². The maximum atomic E-state index is 13.1. The van der Waals surface area contributed by atoms with Crippen molar-refractivity contribution >= 4 is 21.6 Å². The van der Waals surface area contributed by atoms with Gasteiger partial charge in [0.05, 0.1) is 22.4 Å². The molecule has 0 saturated carbocycles. The summed E-state index contributed by atoms with van der Waals surface area (Å²) >= 11 is 3.09. The Bertz CT molecular complexity index is 396. The summed E-state index contributed by atoms with van der Waals surface area (Å²) in [5.41, 5.74) is 5.70. The lowest BCUT2D eigenvalue weighted by Crippen LogP contribution is -2.25. The lowest BCUT2D eigenvalue weighted by molar-refractivity contribution is 0.00550. The van der Waals surface area contributed by atoms with Crippen LogP contribution in [0, 0.1) is 5.82 Å². The van der Waals surface area contributed by atoms with Crippen molar-refractivity contribution in [1.29, 1.82) is 0 Å². The summed E-state index contributed by atoms with van der Waals surface area (Å²) in [6.07, 6.45) is 0.720. The minimum absolute atomic E-state index is 0.244. The molecule has 3 nitrogen and oxygen atoms in total. The Balaban J connectivity index is 2.61. The van der Waals surface area contributed by atoms with Gasteiger partial charge in [0.15, 0.2) is 0 Å². The Morgan fingerprint density at radius 1 is 1.41 bits per heavy atom. The Morgan fingerprint density at radius 2 is 2.06 bits per heavy atom. The van der Waals surface area contributed by atoms with Crippen LogP contribution in [0.4, 0.5) is 10.1 Å². The third-order valence-corrected chi connectivity index (χ3v) is 3.17. The van der Waals surface area contributed by atoms with Gasteiger partial charge < -0.3 is 15.2 Å². The van der Waals surface area contributed by atoms with Crippen LogP contribution in [0.25, 0.3) is 0 Å². The highest BCUT2D eigenvalue weighted by atomic mass is 79.9. The smallest absolute Gasteiger partial charge is 0.143 e.